The highest BCUT2D eigenvalue weighted by molar-refractivity contribution is 5.73. The van der Waals surface area contributed by atoms with E-state index in [1.165, 1.54) is 0 Å². The Bertz CT molecular complexity index is 809. The number of aryl methyl sites for hydroxylation is 1. The van der Waals surface area contributed by atoms with Gasteiger partial charge < -0.3 is 14.6 Å². The third-order valence-electron chi connectivity index (χ3n) is 5.08. The average molecular weight is 370 g/mol. The summed E-state index contributed by atoms with van der Waals surface area (Å²) in [6, 6.07) is 10.7. The van der Waals surface area contributed by atoms with Crippen LogP contribution in [0.4, 0.5) is 0 Å². The first-order valence-corrected chi connectivity index (χ1v) is 9.19. The third-order valence-corrected chi connectivity index (χ3v) is 5.08. The zero-order valence-electron chi connectivity index (χ0n) is 16.0. The van der Waals surface area contributed by atoms with Gasteiger partial charge in [0.15, 0.2) is 11.5 Å². The van der Waals surface area contributed by atoms with E-state index in [0.717, 1.165) is 29.8 Å². The Labute approximate surface area is 159 Å². The molecule has 1 aliphatic heterocycles. The fourth-order valence-electron chi connectivity index (χ4n) is 3.88. The van der Waals surface area contributed by atoms with E-state index in [1.54, 1.807) is 14.2 Å². The molecule has 1 saturated heterocycles. The minimum absolute atomic E-state index is 0.323. The SMILES string of the molecule is COc1cccc(C(c2cccc(C)n2)N2CCCCC2C(=O)O)c1OC. The number of hydrogen-bond acceptors (Lipinski definition) is 5. The second-order valence-electron chi connectivity index (χ2n) is 6.78. The van der Waals surface area contributed by atoms with Gasteiger partial charge in [0.2, 0.25) is 0 Å². The van der Waals surface area contributed by atoms with Gasteiger partial charge in [-0.3, -0.25) is 14.7 Å². The Balaban J connectivity index is 2.18. The van der Waals surface area contributed by atoms with Gasteiger partial charge in [-0.1, -0.05) is 24.6 Å². The van der Waals surface area contributed by atoms with Crippen molar-refractivity contribution in [1.82, 2.24) is 9.88 Å². The van der Waals surface area contributed by atoms with E-state index in [1.807, 2.05) is 48.2 Å². The number of nitrogens with zero attached hydrogens (tertiary/aromatic N) is 2. The molecule has 3 rings (SSSR count). The summed E-state index contributed by atoms with van der Waals surface area (Å²) < 4.78 is 11.1. The smallest absolute Gasteiger partial charge is 0.320 e. The number of carboxylic acid groups (broad SMARTS) is 1. The molecule has 1 aromatic heterocycles. The lowest BCUT2D eigenvalue weighted by molar-refractivity contribution is -0.145. The molecule has 2 atom stereocenters. The van der Waals surface area contributed by atoms with Gasteiger partial charge >= 0.3 is 5.97 Å². The first-order valence-electron chi connectivity index (χ1n) is 9.19. The number of piperidine rings is 1. The van der Waals surface area contributed by atoms with Crippen LogP contribution in [0.15, 0.2) is 36.4 Å². The Morgan fingerprint density at radius 3 is 2.63 bits per heavy atom. The number of carboxylic acids is 1. The van der Waals surface area contributed by atoms with Crippen LogP contribution in [0.1, 0.15) is 42.3 Å². The van der Waals surface area contributed by atoms with E-state index in [4.69, 9.17) is 14.5 Å². The van der Waals surface area contributed by atoms with Crippen molar-refractivity contribution in [3.05, 3.63) is 53.3 Å². The number of aliphatic carboxylic acids is 1. The van der Waals surface area contributed by atoms with Crippen LogP contribution in [0.25, 0.3) is 0 Å². The van der Waals surface area contributed by atoms with Crippen LogP contribution in [0.3, 0.4) is 0 Å². The molecular weight excluding hydrogens is 344 g/mol. The zero-order chi connectivity index (χ0) is 19.4. The molecule has 2 unspecified atom stereocenters. The van der Waals surface area contributed by atoms with Crippen LogP contribution < -0.4 is 9.47 Å². The number of rotatable bonds is 6. The molecule has 0 aliphatic carbocycles. The van der Waals surface area contributed by atoms with E-state index >= 15 is 0 Å². The van der Waals surface area contributed by atoms with Crippen molar-refractivity contribution >= 4 is 5.97 Å². The number of hydrogen-bond donors (Lipinski definition) is 1. The molecule has 1 aromatic carbocycles. The molecule has 0 radical (unpaired) electrons. The van der Waals surface area contributed by atoms with Crippen LogP contribution in [-0.4, -0.2) is 47.8 Å². The number of benzene rings is 1. The summed E-state index contributed by atoms with van der Waals surface area (Å²) in [6.07, 6.45) is 2.50. The molecule has 1 N–H and O–H groups in total. The van der Waals surface area contributed by atoms with Crippen molar-refractivity contribution in [3.63, 3.8) is 0 Å². The van der Waals surface area contributed by atoms with Crippen LogP contribution >= 0.6 is 0 Å². The minimum Gasteiger partial charge on any atom is -0.493 e. The highest BCUT2D eigenvalue weighted by Gasteiger charge is 2.37. The maximum Gasteiger partial charge on any atom is 0.320 e. The van der Waals surface area contributed by atoms with Gasteiger partial charge in [0, 0.05) is 11.3 Å². The number of aromatic nitrogens is 1. The van der Waals surface area contributed by atoms with Crippen molar-refractivity contribution in [2.24, 2.45) is 0 Å². The van der Waals surface area contributed by atoms with Gasteiger partial charge in [0.1, 0.15) is 6.04 Å². The maximum atomic E-state index is 12.0. The summed E-state index contributed by atoms with van der Waals surface area (Å²) in [5.74, 6) is 0.439. The second-order valence-corrected chi connectivity index (χ2v) is 6.78. The number of likely N-dealkylation sites (tertiary alicyclic amines) is 1. The maximum absolute atomic E-state index is 12.0. The molecule has 1 aliphatic rings. The number of pyridine rings is 1. The lowest BCUT2D eigenvalue weighted by Crippen LogP contribution is -2.47. The minimum atomic E-state index is -0.797. The molecule has 2 aromatic rings. The number of ether oxygens (including phenoxy) is 2. The van der Waals surface area contributed by atoms with Crippen molar-refractivity contribution in [1.29, 1.82) is 0 Å². The number of carbonyl (C=O) groups is 1. The summed E-state index contributed by atoms with van der Waals surface area (Å²) in [7, 11) is 3.20. The van der Waals surface area contributed by atoms with Gasteiger partial charge in [-0.05, 0) is 44.5 Å². The Kier molecular flexibility index (Phi) is 5.96. The van der Waals surface area contributed by atoms with E-state index in [0.29, 0.717) is 24.5 Å². The summed E-state index contributed by atoms with van der Waals surface area (Å²) in [5.41, 5.74) is 2.57. The predicted octanol–water partition coefficient (Wildman–Crippen LogP) is 3.44. The van der Waals surface area contributed by atoms with Crippen LogP contribution in [0.5, 0.6) is 11.5 Å². The molecule has 144 valence electrons. The van der Waals surface area contributed by atoms with Gasteiger partial charge in [-0.15, -0.1) is 0 Å². The van der Waals surface area contributed by atoms with Gasteiger partial charge in [-0.25, -0.2) is 0 Å². The van der Waals surface area contributed by atoms with E-state index in [-0.39, 0.29) is 6.04 Å². The van der Waals surface area contributed by atoms with E-state index in [2.05, 4.69) is 0 Å². The molecule has 0 amide bonds. The highest BCUT2D eigenvalue weighted by atomic mass is 16.5. The Hall–Kier alpha value is -2.60. The first-order chi connectivity index (χ1) is 13.1. The van der Waals surface area contributed by atoms with Crippen LogP contribution in [0.2, 0.25) is 0 Å². The van der Waals surface area contributed by atoms with E-state index < -0.39 is 12.0 Å². The molecule has 27 heavy (non-hydrogen) atoms. The molecule has 0 saturated carbocycles. The number of methoxy groups -OCH3 is 2. The topological polar surface area (TPSA) is 71.9 Å². The number of para-hydroxylation sites is 1. The van der Waals surface area contributed by atoms with Crippen molar-refractivity contribution in [3.8, 4) is 11.5 Å². The van der Waals surface area contributed by atoms with Crippen molar-refractivity contribution in [2.75, 3.05) is 20.8 Å². The molecular formula is C21H26N2O4. The molecule has 6 nitrogen and oxygen atoms in total. The average Bonchev–Trinajstić information content (AvgIpc) is 2.68. The van der Waals surface area contributed by atoms with E-state index in [9.17, 15) is 9.90 Å². The lowest BCUT2D eigenvalue weighted by atomic mass is 9.93. The summed E-state index contributed by atoms with van der Waals surface area (Å²) in [5, 5.41) is 9.82. The monoisotopic (exact) mass is 370 g/mol. The quantitative estimate of drug-likeness (QED) is 0.840. The predicted molar refractivity (Wildman–Crippen MR) is 102 cm³/mol. The van der Waals surface area contributed by atoms with Gasteiger partial charge in [-0.2, -0.15) is 0 Å². The van der Waals surface area contributed by atoms with Crippen molar-refractivity contribution < 1.29 is 19.4 Å². The Morgan fingerprint density at radius 1 is 1.19 bits per heavy atom. The molecule has 6 heteroatoms. The molecule has 1 fully saturated rings. The summed E-state index contributed by atoms with van der Waals surface area (Å²) >= 11 is 0. The molecule has 0 spiro atoms. The lowest BCUT2D eigenvalue weighted by Gasteiger charge is -2.39. The fraction of sp³-hybridized carbons (Fsp3) is 0.429. The third kappa shape index (κ3) is 3.90. The summed E-state index contributed by atoms with van der Waals surface area (Å²) in [4.78, 5) is 18.7. The fourth-order valence-corrected chi connectivity index (χ4v) is 3.88. The van der Waals surface area contributed by atoms with Crippen LogP contribution in [-0.2, 0) is 4.79 Å². The Morgan fingerprint density at radius 2 is 1.96 bits per heavy atom. The van der Waals surface area contributed by atoms with Crippen LogP contribution in [0, 0.1) is 6.92 Å². The van der Waals surface area contributed by atoms with Gasteiger partial charge in [0.25, 0.3) is 0 Å². The van der Waals surface area contributed by atoms with Gasteiger partial charge in [0.05, 0.1) is 26.0 Å². The van der Waals surface area contributed by atoms with Crippen molar-refractivity contribution in [2.45, 2.75) is 38.3 Å². The largest absolute Gasteiger partial charge is 0.493 e. The zero-order valence-corrected chi connectivity index (χ0v) is 16.0. The molecule has 0 bridgehead atoms. The standard InChI is InChI=1S/C21H26N2O4/c1-14-8-6-10-16(22-14)19(23-13-5-4-11-17(23)21(24)25)15-9-7-12-18(26-2)20(15)27-3/h6-10,12,17,19H,4-5,11,13H2,1-3H3,(H,24,25). The summed E-state index contributed by atoms with van der Waals surface area (Å²) in [6.45, 7) is 2.63. The normalized spacial score (nSPS) is 18.7. The second kappa shape index (κ2) is 8.39. The molecule has 2 heterocycles. The highest BCUT2D eigenvalue weighted by Crippen LogP contribution is 2.41. The first kappa shape index (κ1) is 19.2.